The second-order valence-corrected chi connectivity index (χ2v) is 2.74. The molecule has 0 aromatic rings. The maximum Gasteiger partial charge on any atom is 0.315 e. The molecular formula is C7H15NO3. The molecule has 0 heterocycles. The largest absolute Gasteiger partial charge is 0.468 e. The van der Waals surface area contributed by atoms with Crippen LogP contribution in [0.2, 0.25) is 0 Å². The first-order valence-corrected chi connectivity index (χ1v) is 3.44. The van der Waals surface area contributed by atoms with Crippen LogP contribution in [0.1, 0.15) is 6.92 Å². The number of nitrogens with one attached hydrogen (secondary N) is 1. The van der Waals surface area contributed by atoms with Gasteiger partial charge in [0.15, 0.2) is 0 Å². The molecule has 0 saturated heterocycles. The lowest BCUT2D eigenvalue weighted by atomic mass is 9.92. The summed E-state index contributed by atoms with van der Waals surface area (Å²) >= 11 is 0. The lowest BCUT2D eigenvalue weighted by Gasteiger charge is -2.23. The van der Waals surface area contributed by atoms with E-state index >= 15 is 0 Å². The zero-order valence-corrected chi connectivity index (χ0v) is 7.18. The molecule has 66 valence electrons. The van der Waals surface area contributed by atoms with Crippen LogP contribution in [0.4, 0.5) is 0 Å². The SMILES string of the molecule is CNCC(C)(CO)C(=O)OC. The highest BCUT2D eigenvalue weighted by atomic mass is 16.5. The molecule has 0 aromatic carbocycles. The Morgan fingerprint density at radius 1 is 1.73 bits per heavy atom. The maximum atomic E-state index is 11.0. The summed E-state index contributed by atoms with van der Waals surface area (Å²) in [6.07, 6.45) is 0. The molecule has 0 saturated carbocycles. The molecule has 0 spiro atoms. The normalized spacial score (nSPS) is 15.6. The molecule has 0 aliphatic rings. The van der Waals surface area contributed by atoms with E-state index in [0.29, 0.717) is 6.54 Å². The standard InChI is InChI=1S/C7H15NO3/c1-7(5-9,4-8-2)6(10)11-3/h8-9H,4-5H2,1-3H3. The van der Waals surface area contributed by atoms with Gasteiger partial charge in [-0.2, -0.15) is 0 Å². The van der Waals surface area contributed by atoms with Gasteiger partial charge in [-0.05, 0) is 14.0 Å². The van der Waals surface area contributed by atoms with Crippen molar-refractivity contribution in [3.05, 3.63) is 0 Å². The summed E-state index contributed by atoms with van der Waals surface area (Å²) in [6.45, 7) is 1.85. The quantitative estimate of drug-likeness (QED) is 0.539. The number of carbonyl (C=O) groups is 1. The number of carbonyl (C=O) groups excluding carboxylic acids is 1. The third-order valence-corrected chi connectivity index (χ3v) is 1.59. The lowest BCUT2D eigenvalue weighted by molar-refractivity contribution is -0.153. The van der Waals surface area contributed by atoms with Gasteiger partial charge in [-0.25, -0.2) is 0 Å². The third-order valence-electron chi connectivity index (χ3n) is 1.59. The van der Waals surface area contributed by atoms with Gasteiger partial charge in [-0.1, -0.05) is 0 Å². The van der Waals surface area contributed by atoms with E-state index < -0.39 is 11.4 Å². The summed E-state index contributed by atoms with van der Waals surface area (Å²) < 4.78 is 4.52. The van der Waals surface area contributed by atoms with Gasteiger partial charge in [0.1, 0.15) is 5.41 Å². The molecule has 0 rings (SSSR count). The van der Waals surface area contributed by atoms with Crippen molar-refractivity contribution < 1.29 is 14.6 Å². The minimum absolute atomic E-state index is 0.208. The van der Waals surface area contributed by atoms with Crippen molar-refractivity contribution in [2.45, 2.75) is 6.92 Å². The van der Waals surface area contributed by atoms with Gasteiger partial charge in [0.25, 0.3) is 0 Å². The van der Waals surface area contributed by atoms with Crippen LogP contribution in [-0.2, 0) is 9.53 Å². The van der Waals surface area contributed by atoms with Crippen LogP contribution in [0, 0.1) is 5.41 Å². The van der Waals surface area contributed by atoms with E-state index in [2.05, 4.69) is 10.1 Å². The first-order chi connectivity index (χ1) is 5.10. The Bertz CT molecular complexity index is 138. The van der Waals surface area contributed by atoms with Crippen molar-refractivity contribution in [2.24, 2.45) is 5.41 Å². The van der Waals surface area contributed by atoms with Crippen LogP contribution in [0.25, 0.3) is 0 Å². The van der Waals surface area contributed by atoms with Gasteiger partial charge in [-0.3, -0.25) is 4.79 Å². The van der Waals surface area contributed by atoms with Crippen molar-refractivity contribution >= 4 is 5.97 Å². The van der Waals surface area contributed by atoms with E-state index in [4.69, 9.17) is 5.11 Å². The zero-order valence-electron chi connectivity index (χ0n) is 7.18. The smallest absolute Gasteiger partial charge is 0.315 e. The number of methoxy groups -OCH3 is 1. The molecule has 0 amide bonds. The molecule has 2 N–H and O–H groups in total. The van der Waals surface area contributed by atoms with Gasteiger partial charge in [0.2, 0.25) is 0 Å². The molecule has 11 heavy (non-hydrogen) atoms. The zero-order chi connectivity index (χ0) is 8.91. The number of hydrogen-bond acceptors (Lipinski definition) is 4. The Kier molecular flexibility index (Phi) is 4.07. The Balaban J connectivity index is 4.19. The van der Waals surface area contributed by atoms with Crippen LogP contribution >= 0.6 is 0 Å². The summed E-state index contributed by atoms with van der Waals surface area (Å²) in [5.74, 6) is -0.394. The molecule has 0 bridgehead atoms. The topological polar surface area (TPSA) is 58.6 Å². The van der Waals surface area contributed by atoms with Crippen LogP contribution in [0.15, 0.2) is 0 Å². The number of ether oxygens (including phenoxy) is 1. The Morgan fingerprint density at radius 3 is 2.55 bits per heavy atom. The maximum absolute atomic E-state index is 11.0. The fourth-order valence-electron chi connectivity index (χ4n) is 0.829. The minimum Gasteiger partial charge on any atom is -0.468 e. The molecular weight excluding hydrogens is 146 g/mol. The van der Waals surface area contributed by atoms with E-state index in [1.807, 2.05) is 0 Å². The highest BCUT2D eigenvalue weighted by Gasteiger charge is 2.32. The Morgan fingerprint density at radius 2 is 2.27 bits per heavy atom. The molecule has 1 unspecified atom stereocenters. The average molecular weight is 161 g/mol. The predicted octanol–water partition coefficient (Wildman–Crippen LogP) is -0.623. The molecule has 1 atom stereocenters. The number of esters is 1. The van der Waals surface area contributed by atoms with Gasteiger partial charge < -0.3 is 15.2 Å². The summed E-state index contributed by atoms with van der Waals surface area (Å²) in [5, 5.41) is 11.7. The lowest BCUT2D eigenvalue weighted by Crippen LogP contribution is -2.41. The van der Waals surface area contributed by atoms with E-state index in [1.165, 1.54) is 7.11 Å². The van der Waals surface area contributed by atoms with E-state index in [1.54, 1.807) is 14.0 Å². The highest BCUT2D eigenvalue weighted by molar-refractivity contribution is 5.76. The van der Waals surface area contributed by atoms with Crippen LogP contribution in [-0.4, -0.2) is 38.4 Å². The first kappa shape index (κ1) is 10.4. The molecule has 0 aliphatic heterocycles. The molecule has 0 aliphatic carbocycles. The highest BCUT2D eigenvalue weighted by Crippen LogP contribution is 2.15. The second-order valence-electron chi connectivity index (χ2n) is 2.74. The molecule has 0 radical (unpaired) electrons. The molecule has 0 fully saturated rings. The van der Waals surface area contributed by atoms with Gasteiger partial charge >= 0.3 is 5.97 Å². The average Bonchev–Trinajstić information content (AvgIpc) is 2.03. The third kappa shape index (κ3) is 2.48. The number of rotatable bonds is 4. The predicted molar refractivity (Wildman–Crippen MR) is 41.1 cm³/mol. The molecule has 4 heteroatoms. The van der Waals surface area contributed by atoms with Crippen LogP contribution < -0.4 is 5.32 Å². The second kappa shape index (κ2) is 4.31. The fraction of sp³-hybridized carbons (Fsp3) is 0.857. The van der Waals surface area contributed by atoms with E-state index in [0.717, 1.165) is 0 Å². The van der Waals surface area contributed by atoms with E-state index in [-0.39, 0.29) is 6.61 Å². The van der Waals surface area contributed by atoms with Crippen molar-refractivity contribution in [1.29, 1.82) is 0 Å². The number of aliphatic hydroxyl groups is 1. The summed E-state index contributed by atoms with van der Waals surface area (Å²) in [7, 11) is 3.03. The van der Waals surface area contributed by atoms with Crippen molar-refractivity contribution in [3.8, 4) is 0 Å². The van der Waals surface area contributed by atoms with Crippen molar-refractivity contribution in [3.63, 3.8) is 0 Å². The van der Waals surface area contributed by atoms with Gasteiger partial charge in [-0.15, -0.1) is 0 Å². The Labute approximate surface area is 66.5 Å². The monoisotopic (exact) mass is 161 g/mol. The molecule has 0 aromatic heterocycles. The van der Waals surface area contributed by atoms with Crippen LogP contribution in [0.5, 0.6) is 0 Å². The van der Waals surface area contributed by atoms with Crippen molar-refractivity contribution in [1.82, 2.24) is 5.32 Å². The number of hydrogen-bond donors (Lipinski definition) is 2. The summed E-state index contributed by atoms with van der Waals surface area (Å²) in [4.78, 5) is 11.0. The fourth-order valence-corrected chi connectivity index (χ4v) is 0.829. The Hall–Kier alpha value is -0.610. The first-order valence-electron chi connectivity index (χ1n) is 3.44. The minimum atomic E-state index is -0.816. The summed E-state index contributed by atoms with van der Waals surface area (Å²) in [6, 6.07) is 0. The number of aliphatic hydroxyl groups excluding tert-OH is 1. The van der Waals surface area contributed by atoms with Crippen molar-refractivity contribution in [2.75, 3.05) is 27.3 Å². The van der Waals surface area contributed by atoms with Gasteiger partial charge in [0, 0.05) is 6.54 Å². The summed E-state index contributed by atoms with van der Waals surface area (Å²) in [5.41, 5.74) is -0.816. The molecule has 4 nitrogen and oxygen atoms in total. The van der Waals surface area contributed by atoms with Crippen LogP contribution in [0.3, 0.4) is 0 Å². The van der Waals surface area contributed by atoms with Gasteiger partial charge in [0.05, 0.1) is 13.7 Å². The van der Waals surface area contributed by atoms with E-state index in [9.17, 15) is 4.79 Å².